The van der Waals surface area contributed by atoms with Crippen LogP contribution in [0.15, 0.2) is 47.2 Å². The average Bonchev–Trinajstić information content (AvgIpc) is 3.06. The lowest BCUT2D eigenvalue weighted by Crippen LogP contribution is -2.13. The molecule has 0 saturated heterocycles. The third kappa shape index (κ3) is 3.84. The van der Waals surface area contributed by atoms with Crippen molar-refractivity contribution >= 4 is 11.6 Å². The van der Waals surface area contributed by atoms with Crippen molar-refractivity contribution in [3.05, 3.63) is 59.7 Å². The minimum Gasteiger partial charge on any atom is -0.339 e. The van der Waals surface area contributed by atoms with E-state index < -0.39 is 0 Å². The first-order valence-corrected chi connectivity index (χ1v) is 7.72. The highest BCUT2D eigenvalue weighted by Gasteiger charge is 2.11. The Hall–Kier alpha value is -3.02. The van der Waals surface area contributed by atoms with Crippen molar-refractivity contribution in [1.82, 2.24) is 15.1 Å². The molecule has 0 aliphatic carbocycles. The van der Waals surface area contributed by atoms with E-state index in [0.29, 0.717) is 18.1 Å². The zero-order chi connectivity index (χ0) is 16.9. The molecular formula is C18H18N4O2. The Balaban J connectivity index is 1.59. The number of nitrogens with zero attached hydrogens (tertiary/aromatic N) is 3. The number of carbonyl (C=O) groups is 1. The summed E-state index contributed by atoms with van der Waals surface area (Å²) >= 11 is 0. The smallest absolute Gasteiger partial charge is 0.227 e. The molecule has 0 atom stereocenters. The third-order valence-corrected chi connectivity index (χ3v) is 3.62. The van der Waals surface area contributed by atoms with Crippen LogP contribution < -0.4 is 5.32 Å². The number of hydrogen-bond donors (Lipinski definition) is 1. The van der Waals surface area contributed by atoms with Crippen molar-refractivity contribution in [3.8, 4) is 11.4 Å². The van der Waals surface area contributed by atoms with Crippen LogP contribution in [-0.2, 0) is 11.2 Å². The van der Waals surface area contributed by atoms with E-state index in [4.69, 9.17) is 4.52 Å². The summed E-state index contributed by atoms with van der Waals surface area (Å²) in [5.41, 5.74) is 3.76. The van der Waals surface area contributed by atoms with Gasteiger partial charge in [0.1, 0.15) is 0 Å². The van der Waals surface area contributed by atoms with Gasteiger partial charge in [0, 0.05) is 36.5 Å². The molecule has 2 heterocycles. The van der Waals surface area contributed by atoms with Gasteiger partial charge in [0.2, 0.25) is 17.6 Å². The maximum Gasteiger partial charge on any atom is 0.227 e. The highest BCUT2D eigenvalue weighted by Crippen LogP contribution is 2.17. The van der Waals surface area contributed by atoms with Gasteiger partial charge in [0.25, 0.3) is 0 Å². The number of nitrogens with one attached hydrogen (secondary N) is 1. The summed E-state index contributed by atoms with van der Waals surface area (Å²) in [5, 5.41) is 6.84. The molecule has 1 aromatic carbocycles. The Morgan fingerprint density at radius 1 is 1.25 bits per heavy atom. The van der Waals surface area contributed by atoms with Crippen molar-refractivity contribution < 1.29 is 9.32 Å². The molecule has 6 heteroatoms. The van der Waals surface area contributed by atoms with E-state index in [2.05, 4.69) is 20.4 Å². The molecule has 0 saturated carbocycles. The molecule has 3 aromatic rings. The average molecular weight is 322 g/mol. The van der Waals surface area contributed by atoms with Gasteiger partial charge in [-0.1, -0.05) is 17.3 Å². The lowest BCUT2D eigenvalue weighted by molar-refractivity contribution is -0.116. The zero-order valence-corrected chi connectivity index (χ0v) is 13.6. The van der Waals surface area contributed by atoms with Gasteiger partial charge in [-0.05, 0) is 43.2 Å². The summed E-state index contributed by atoms with van der Waals surface area (Å²) in [6.45, 7) is 3.96. The number of anilines is 1. The summed E-state index contributed by atoms with van der Waals surface area (Å²) in [6.07, 6.45) is 4.02. The number of aromatic nitrogens is 3. The molecule has 0 unspecified atom stereocenters. The molecule has 1 N–H and O–H groups in total. The summed E-state index contributed by atoms with van der Waals surface area (Å²) in [7, 11) is 0. The number of benzene rings is 1. The van der Waals surface area contributed by atoms with Crippen LogP contribution in [0.1, 0.15) is 23.4 Å². The third-order valence-electron chi connectivity index (χ3n) is 3.62. The van der Waals surface area contributed by atoms with Gasteiger partial charge in [-0.3, -0.25) is 9.78 Å². The van der Waals surface area contributed by atoms with Gasteiger partial charge < -0.3 is 9.84 Å². The highest BCUT2D eigenvalue weighted by atomic mass is 16.5. The number of carbonyl (C=O) groups excluding carboxylic acids is 1. The molecule has 1 amide bonds. The largest absolute Gasteiger partial charge is 0.339 e. The Morgan fingerprint density at radius 2 is 2.12 bits per heavy atom. The van der Waals surface area contributed by atoms with E-state index >= 15 is 0 Å². The fourth-order valence-electron chi connectivity index (χ4n) is 2.27. The van der Waals surface area contributed by atoms with E-state index in [1.54, 1.807) is 12.4 Å². The predicted molar refractivity (Wildman–Crippen MR) is 90.4 cm³/mol. The minimum atomic E-state index is -0.0789. The summed E-state index contributed by atoms with van der Waals surface area (Å²) in [6, 6.07) is 9.63. The van der Waals surface area contributed by atoms with Gasteiger partial charge in [0.05, 0.1) is 0 Å². The quantitative estimate of drug-likeness (QED) is 0.779. The molecule has 0 radical (unpaired) electrons. The van der Waals surface area contributed by atoms with Crippen LogP contribution in [0.4, 0.5) is 5.69 Å². The van der Waals surface area contributed by atoms with Crippen LogP contribution in [0, 0.1) is 13.8 Å². The molecule has 0 aliphatic heterocycles. The number of pyridine rings is 1. The number of hydrogen-bond acceptors (Lipinski definition) is 5. The lowest BCUT2D eigenvalue weighted by Gasteiger charge is -2.08. The van der Waals surface area contributed by atoms with Crippen LogP contribution in [0.3, 0.4) is 0 Å². The number of amides is 1. The number of rotatable bonds is 5. The SMILES string of the molecule is Cc1ccc(C)c(NC(=O)CCc2nc(-c3cccnc3)no2)c1. The van der Waals surface area contributed by atoms with E-state index in [-0.39, 0.29) is 12.3 Å². The van der Waals surface area contributed by atoms with Crippen molar-refractivity contribution in [2.24, 2.45) is 0 Å². The van der Waals surface area contributed by atoms with Crippen LogP contribution in [0.25, 0.3) is 11.4 Å². The first kappa shape index (κ1) is 15.9. The summed E-state index contributed by atoms with van der Waals surface area (Å²) in [4.78, 5) is 20.4. The first-order valence-electron chi connectivity index (χ1n) is 7.72. The van der Waals surface area contributed by atoms with Gasteiger partial charge in [0.15, 0.2) is 0 Å². The predicted octanol–water partition coefficient (Wildman–Crippen LogP) is 3.32. The first-order chi connectivity index (χ1) is 11.6. The summed E-state index contributed by atoms with van der Waals surface area (Å²) in [5.74, 6) is 0.836. The van der Waals surface area contributed by atoms with Gasteiger partial charge in [-0.15, -0.1) is 0 Å². The fourth-order valence-corrected chi connectivity index (χ4v) is 2.27. The molecule has 0 fully saturated rings. The van der Waals surface area contributed by atoms with Gasteiger partial charge in [-0.25, -0.2) is 0 Å². The second-order valence-corrected chi connectivity index (χ2v) is 5.62. The maximum absolute atomic E-state index is 12.1. The molecule has 6 nitrogen and oxygen atoms in total. The molecule has 24 heavy (non-hydrogen) atoms. The maximum atomic E-state index is 12.1. The van der Waals surface area contributed by atoms with Crippen molar-refractivity contribution in [3.63, 3.8) is 0 Å². The molecule has 0 bridgehead atoms. The van der Waals surface area contributed by atoms with Crippen molar-refractivity contribution in [2.75, 3.05) is 5.32 Å². The Labute approximate surface area is 139 Å². The Morgan fingerprint density at radius 3 is 2.92 bits per heavy atom. The van der Waals surface area contributed by atoms with E-state index in [0.717, 1.165) is 22.4 Å². The molecule has 3 rings (SSSR count). The summed E-state index contributed by atoms with van der Waals surface area (Å²) < 4.78 is 5.19. The van der Waals surface area contributed by atoms with Crippen LogP contribution >= 0.6 is 0 Å². The normalized spacial score (nSPS) is 10.6. The monoisotopic (exact) mass is 322 g/mol. The second-order valence-electron chi connectivity index (χ2n) is 5.62. The molecule has 122 valence electrons. The molecule has 0 spiro atoms. The van der Waals surface area contributed by atoms with E-state index in [1.165, 1.54) is 0 Å². The van der Waals surface area contributed by atoms with Crippen molar-refractivity contribution in [2.45, 2.75) is 26.7 Å². The van der Waals surface area contributed by atoms with Crippen LogP contribution in [0.5, 0.6) is 0 Å². The van der Waals surface area contributed by atoms with Crippen LogP contribution in [0.2, 0.25) is 0 Å². The lowest BCUT2D eigenvalue weighted by atomic mass is 10.1. The topological polar surface area (TPSA) is 80.9 Å². The molecule has 2 aromatic heterocycles. The minimum absolute atomic E-state index is 0.0789. The molecular weight excluding hydrogens is 304 g/mol. The Kier molecular flexibility index (Phi) is 4.65. The molecule has 0 aliphatic rings. The van der Waals surface area contributed by atoms with E-state index in [1.807, 2.05) is 44.2 Å². The number of aryl methyl sites for hydroxylation is 3. The van der Waals surface area contributed by atoms with Gasteiger partial charge in [-0.2, -0.15) is 4.98 Å². The second kappa shape index (κ2) is 7.04. The fraction of sp³-hybridized carbons (Fsp3) is 0.222. The zero-order valence-electron chi connectivity index (χ0n) is 13.6. The van der Waals surface area contributed by atoms with Crippen molar-refractivity contribution in [1.29, 1.82) is 0 Å². The van der Waals surface area contributed by atoms with Gasteiger partial charge >= 0.3 is 0 Å². The van der Waals surface area contributed by atoms with E-state index in [9.17, 15) is 4.79 Å². The standard InChI is InChI=1S/C18H18N4O2/c1-12-5-6-13(2)15(10-12)20-16(23)7-8-17-21-18(22-24-17)14-4-3-9-19-11-14/h3-6,9-11H,7-8H2,1-2H3,(H,20,23). The van der Waals surface area contributed by atoms with Crippen LogP contribution in [-0.4, -0.2) is 21.0 Å². The Bertz CT molecular complexity index is 843. The highest BCUT2D eigenvalue weighted by molar-refractivity contribution is 5.91.